The summed E-state index contributed by atoms with van der Waals surface area (Å²) < 4.78 is 12.0. The van der Waals surface area contributed by atoms with Crippen molar-refractivity contribution in [2.24, 2.45) is 4.99 Å². The Morgan fingerprint density at radius 2 is 1.44 bits per heavy atom. The fourth-order valence-corrected chi connectivity index (χ4v) is 4.00. The number of rotatable bonds is 21. The summed E-state index contributed by atoms with van der Waals surface area (Å²) in [7, 11) is 0. The molecule has 0 heterocycles. The van der Waals surface area contributed by atoms with E-state index in [1.54, 1.807) is 6.21 Å². The van der Waals surface area contributed by atoms with Gasteiger partial charge in [0, 0.05) is 17.8 Å². The molecule has 206 valence electrons. The fraction of sp³-hybridized carbons (Fsp3) is 0.742. The SMILES string of the molecule is CCCCCCCCCCCCOc1ccc(C=NC(C)(C)C)c(OC(CCCCCC)C(=O)O)c1. The molecule has 5 heteroatoms. The largest absolute Gasteiger partial charge is 0.493 e. The molecule has 0 spiro atoms. The van der Waals surface area contributed by atoms with E-state index < -0.39 is 12.1 Å². The van der Waals surface area contributed by atoms with E-state index in [1.807, 2.05) is 39.0 Å². The molecule has 5 nitrogen and oxygen atoms in total. The van der Waals surface area contributed by atoms with Crippen molar-refractivity contribution in [2.45, 2.75) is 143 Å². The molecule has 1 unspecified atom stereocenters. The molecule has 0 radical (unpaired) electrons. The van der Waals surface area contributed by atoms with Gasteiger partial charge in [0.15, 0.2) is 6.10 Å². The summed E-state index contributed by atoms with van der Waals surface area (Å²) in [6.07, 6.45) is 18.4. The van der Waals surface area contributed by atoms with Gasteiger partial charge in [-0.1, -0.05) is 90.9 Å². The number of carboxylic acids is 1. The minimum Gasteiger partial charge on any atom is -0.493 e. The van der Waals surface area contributed by atoms with Crippen LogP contribution in [0.2, 0.25) is 0 Å². The molecule has 0 bridgehead atoms. The van der Waals surface area contributed by atoms with E-state index in [0.717, 1.165) is 37.7 Å². The molecule has 1 atom stereocenters. The molecule has 0 aliphatic heterocycles. The number of ether oxygens (including phenoxy) is 2. The summed E-state index contributed by atoms with van der Waals surface area (Å²) in [5, 5.41) is 9.74. The van der Waals surface area contributed by atoms with E-state index in [1.165, 1.54) is 57.8 Å². The standard InChI is InChI=1S/C31H53NO4/c1-6-8-10-12-13-14-15-16-17-19-23-35-27-22-21-26(25-32-31(3,4)5)29(24-27)36-28(30(33)34)20-18-11-9-7-2/h21-22,24-25,28H,6-20,23H2,1-5H3,(H,33,34). The van der Waals surface area contributed by atoms with Crippen molar-refractivity contribution in [3.05, 3.63) is 23.8 Å². The summed E-state index contributed by atoms with van der Waals surface area (Å²) >= 11 is 0. The maximum Gasteiger partial charge on any atom is 0.344 e. The van der Waals surface area contributed by atoms with Crippen LogP contribution >= 0.6 is 0 Å². The normalized spacial score (nSPS) is 12.7. The Morgan fingerprint density at radius 3 is 2.00 bits per heavy atom. The summed E-state index contributed by atoms with van der Waals surface area (Å²) in [5.41, 5.74) is 0.546. The lowest BCUT2D eigenvalue weighted by Gasteiger charge is -2.18. The van der Waals surface area contributed by atoms with E-state index in [2.05, 4.69) is 18.8 Å². The van der Waals surface area contributed by atoms with Gasteiger partial charge in [0.25, 0.3) is 0 Å². The number of aliphatic carboxylic acids is 1. The monoisotopic (exact) mass is 503 g/mol. The third-order valence-electron chi connectivity index (χ3n) is 6.21. The average Bonchev–Trinajstić information content (AvgIpc) is 2.83. The smallest absolute Gasteiger partial charge is 0.344 e. The maximum absolute atomic E-state index is 11.9. The zero-order valence-electron chi connectivity index (χ0n) is 23.8. The van der Waals surface area contributed by atoms with Crippen LogP contribution in [0.5, 0.6) is 11.5 Å². The highest BCUT2D eigenvalue weighted by Gasteiger charge is 2.21. The van der Waals surface area contributed by atoms with E-state index >= 15 is 0 Å². The summed E-state index contributed by atoms with van der Waals surface area (Å²) in [5.74, 6) is 0.303. The molecule has 0 saturated heterocycles. The first-order valence-corrected chi connectivity index (χ1v) is 14.5. The minimum absolute atomic E-state index is 0.228. The van der Waals surface area contributed by atoms with Gasteiger partial charge in [-0.05, 0) is 52.2 Å². The number of aliphatic imine (C=N–C) groups is 1. The molecule has 0 fully saturated rings. The van der Waals surface area contributed by atoms with Gasteiger partial charge in [-0.25, -0.2) is 4.79 Å². The van der Waals surface area contributed by atoms with Gasteiger partial charge in [0.1, 0.15) is 11.5 Å². The third kappa shape index (κ3) is 15.9. The highest BCUT2D eigenvalue weighted by molar-refractivity contribution is 5.84. The maximum atomic E-state index is 11.9. The van der Waals surface area contributed by atoms with Crippen molar-refractivity contribution in [3.63, 3.8) is 0 Å². The van der Waals surface area contributed by atoms with E-state index in [4.69, 9.17) is 9.47 Å². The summed E-state index contributed by atoms with van der Waals surface area (Å²) in [6, 6.07) is 5.65. The Morgan fingerprint density at radius 1 is 0.889 bits per heavy atom. The van der Waals surface area contributed by atoms with Gasteiger partial charge in [-0.2, -0.15) is 0 Å². The Bertz CT molecular complexity index is 739. The summed E-state index contributed by atoms with van der Waals surface area (Å²) in [4.78, 5) is 16.5. The Hall–Kier alpha value is -2.04. The van der Waals surface area contributed by atoms with Crippen molar-refractivity contribution in [1.29, 1.82) is 0 Å². The van der Waals surface area contributed by atoms with E-state index in [0.29, 0.717) is 24.5 Å². The second-order valence-corrected chi connectivity index (χ2v) is 11.0. The van der Waals surface area contributed by atoms with Crippen LogP contribution in [0.3, 0.4) is 0 Å². The molecule has 0 aliphatic rings. The van der Waals surface area contributed by atoms with Gasteiger partial charge in [0.05, 0.1) is 12.1 Å². The Kier molecular flexibility index (Phi) is 17.0. The highest BCUT2D eigenvalue weighted by Crippen LogP contribution is 2.27. The predicted octanol–water partition coefficient (Wildman–Crippen LogP) is 9.01. The van der Waals surface area contributed by atoms with Crippen LogP contribution in [-0.2, 0) is 4.79 Å². The number of carbonyl (C=O) groups is 1. The van der Waals surface area contributed by atoms with Gasteiger partial charge in [0.2, 0.25) is 0 Å². The average molecular weight is 504 g/mol. The molecule has 1 N–H and O–H groups in total. The Balaban J connectivity index is 2.64. The van der Waals surface area contributed by atoms with Gasteiger partial charge >= 0.3 is 5.97 Å². The quantitative estimate of drug-likeness (QED) is 0.134. The third-order valence-corrected chi connectivity index (χ3v) is 6.21. The number of hydrogen-bond donors (Lipinski definition) is 1. The molecular formula is C31H53NO4. The number of unbranched alkanes of at least 4 members (excludes halogenated alkanes) is 12. The van der Waals surface area contributed by atoms with Crippen LogP contribution in [0.15, 0.2) is 23.2 Å². The molecular weight excluding hydrogens is 450 g/mol. The molecule has 0 amide bonds. The lowest BCUT2D eigenvalue weighted by atomic mass is 10.1. The van der Waals surface area contributed by atoms with Crippen LogP contribution in [0, 0.1) is 0 Å². The zero-order chi connectivity index (χ0) is 26.7. The lowest BCUT2D eigenvalue weighted by molar-refractivity contribution is -0.145. The number of carboxylic acid groups (broad SMARTS) is 1. The highest BCUT2D eigenvalue weighted by atomic mass is 16.5. The van der Waals surface area contributed by atoms with Gasteiger partial charge < -0.3 is 14.6 Å². The Labute approximate surface area is 221 Å². The second-order valence-electron chi connectivity index (χ2n) is 11.0. The molecule has 1 rings (SSSR count). The van der Waals surface area contributed by atoms with Crippen molar-refractivity contribution in [1.82, 2.24) is 0 Å². The lowest BCUT2D eigenvalue weighted by Crippen LogP contribution is -2.27. The molecule has 1 aromatic rings. The molecule has 1 aromatic carbocycles. The minimum atomic E-state index is -0.929. The molecule has 0 aliphatic carbocycles. The first-order valence-electron chi connectivity index (χ1n) is 14.5. The number of hydrogen-bond acceptors (Lipinski definition) is 4. The first-order chi connectivity index (χ1) is 17.3. The number of nitrogens with zero attached hydrogens (tertiary/aromatic N) is 1. The van der Waals surface area contributed by atoms with E-state index in [-0.39, 0.29) is 5.54 Å². The van der Waals surface area contributed by atoms with Gasteiger partial charge in [-0.3, -0.25) is 4.99 Å². The van der Waals surface area contributed by atoms with Crippen molar-refractivity contribution in [3.8, 4) is 11.5 Å². The van der Waals surface area contributed by atoms with Crippen LogP contribution in [0.4, 0.5) is 0 Å². The number of benzene rings is 1. The van der Waals surface area contributed by atoms with E-state index in [9.17, 15) is 9.90 Å². The molecule has 0 aromatic heterocycles. The first kappa shape index (κ1) is 32.0. The van der Waals surface area contributed by atoms with Crippen molar-refractivity contribution < 1.29 is 19.4 Å². The second kappa shape index (κ2) is 19.1. The summed E-state index contributed by atoms with van der Waals surface area (Å²) in [6.45, 7) is 11.1. The topological polar surface area (TPSA) is 68.1 Å². The van der Waals surface area contributed by atoms with Crippen molar-refractivity contribution in [2.75, 3.05) is 6.61 Å². The molecule has 0 saturated carbocycles. The van der Waals surface area contributed by atoms with Crippen LogP contribution < -0.4 is 9.47 Å². The van der Waals surface area contributed by atoms with Crippen LogP contribution in [0.25, 0.3) is 0 Å². The zero-order valence-corrected chi connectivity index (χ0v) is 23.8. The van der Waals surface area contributed by atoms with Gasteiger partial charge in [-0.15, -0.1) is 0 Å². The van der Waals surface area contributed by atoms with Crippen molar-refractivity contribution >= 4 is 12.2 Å². The fourth-order valence-electron chi connectivity index (χ4n) is 4.00. The predicted molar refractivity (Wildman–Crippen MR) is 152 cm³/mol. The molecule has 36 heavy (non-hydrogen) atoms. The van der Waals surface area contributed by atoms with Crippen LogP contribution in [0.1, 0.15) is 136 Å². The van der Waals surface area contributed by atoms with Crippen LogP contribution in [-0.4, -0.2) is 35.5 Å².